The van der Waals surface area contributed by atoms with Crippen LogP contribution in [0.2, 0.25) is 5.02 Å². The first-order valence-corrected chi connectivity index (χ1v) is 8.34. The Morgan fingerprint density at radius 3 is 2.90 bits per heavy atom. The van der Waals surface area contributed by atoms with Crippen LogP contribution in [-0.4, -0.2) is 22.4 Å². The summed E-state index contributed by atoms with van der Waals surface area (Å²) in [5.41, 5.74) is 0. The number of nitrogens with zero attached hydrogens (tertiary/aromatic N) is 1. The van der Waals surface area contributed by atoms with Crippen molar-refractivity contribution in [3.05, 3.63) is 45.2 Å². The highest BCUT2D eigenvalue weighted by Crippen LogP contribution is 2.26. The fourth-order valence-electron chi connectivity index (χ4n) is 1.52. The van der Waals surface area contributed by atoms with Gasteiger partial charge in [0.05, 0.1) is 22.2 Å². The van der Waals surface area contributed by atoms with Gasteiger partial charge in [-0.3, -0.25) is 9.59 Å². The van der Waals surface area contributed by atoms with Crippen LogP contribution in [0.25, 0.3) is 0 Å². The average Bonchev–Trinajstić information content (AvgIpc) is 2.93. The second-order valence-electron chi connectivity index (χ2n) is 4.18. The van der Waals surface area contributed by atoms with E-state index in [2.05, 4.69) is 10.3 Å². The van der Waals surface area contributed by atoms with Crippen molar-refractivity contribution in [1.29, 1.82) is 0 Å². The molecule has 0 spiro atoms. The zero-order valence-electron chi connectivity index (χ0n) is 11.3. The molecule has 1 amide bonds. The zero-order valence-corrected chi connectivity index (χ0v) is 13.6. The summed E-state index contributed by atoms with van der Waals surface area (Å²) in [6.45, 7) is 1.92. The summed E-state index contributed by atoms with van der Waals surface area (Å²) < 4.78 is 0. The van der Waals surface area contributed by atoms with Gasteiger partial charge >= 0.3 is 0 Å². The zero-order chi connectivity index (χ0) is 15.2. The van der Waals surface area contributed by atoms with Crippen molar-refractivity contribution in [2.45, 2.75) is 18.5 Å². The summed E-state index contributed by atoms with van der Waals surface area (Å²) in [6, 6.07) is 7.14. The lowest BCUT2D eigenvalue weighted by Gasteiger charge is -2.01. The molecule has 0 aliphatic carbocycles. The Labute approximate surface area is 135 Å². The van der Waals surface area contributed by atoms with Crippen molar-refractivity contribution in [2.75, 3.05) is 5.75 Å². The van der Waals surface area contributed by atoms with Crippen molar-refractivity contribution >= 4 is 46.4 Å². The minimum absolute atomic E-state index is 0.0285. The van der Waals surface area contributed by atoms with Crippen LogP contribution in [0.1, 0.15) is 21.5 Å². The maximum absolute atomic E-state index is 12.1. The minimum Gasteiger partial charge on any atom is -0.351 e. The fourth-order valence-corrected chi connectivity index (χ4v) is 3.54. The Hall–Kier alpha value is -1.37. The fraction of sp³-hybridized carbons (Fsp3) is 0.214. The Balaban J connectivity index is 1.92. The van der Waals surface area contributed by atoms with Crippen LogP contribution in [0, 0.1) is 0 Å². The van der Waals surface area contributed by atoms with Gasteiger partial charge in [-0.1, -0.05) is 23.4 Å². The van der Waals surface area contributed by atoms with E-state index in [9.17, 15) is 9.59 Å². The third kappa shape index (κ3) is 4.84. The number of aromatic nitrogens is 1. The van der Waals surface area contributed by atoms with E-state index in [-0.39, 0.29) is 17.4 Å². The number of rotatable bonds is 6. The van der Waals surface area contributed by atoms with E-state index < -0.39 is 0 Å². The molecule has 2 aromatic rings. The predicted molar refractivity (Wildman–Crippen MR) is 86.1 cm³/mol. The van der Waals surface area contributed by atoms with Gasteiger partial charge in [-0.2, -0.15) is 0 Å². The van der Waals surface area contributed by atoms with Gasteiger partial charge in [-0.15, -0.1) is 11.3 Å². The van der Waals surface area contributed by atoms with E-state index in [0.29, 0.717) is 21.5 Å². The Kier molecular flexibility index (Phi) is 5.78. The number of ketones is 1. The standard InChI is InChI=1S/C14H13ClN2O2S2/c1-9(18)17-7-10-4-5-13(21-10)12(19)8-20-14-11(15)3-2-6-16-14/h2-6H,7-8H2,1H3,(H,17,18). The van der Waals surface area contributed by atoms with Gasteiger partial charge in [-0.25, -0.2) is 4.98 Å². The molecule has 0 aliphatic rings. The smallest absolute Gasteiger partial charge is 0.217 e. The van der Waals surface area contributed by atoms with Crippen molar-refractivity contribution in [3.63, 3.8) is 0 Å². The van der Waals surface area contributed by atoms with Gasteiger partial charge in [0.1, 0.15) is 5.03 Å². The summed E-state index contributed by atoms with van der Waals surface area (Å²) in [7, 11) is 0. The summed E-state index contributed by atoms with van der Waals surface area (Å²) in [5.74, 6) is 0.231. The number of hydrogen-bond acceptors (Lipinski definition) is 5. The number of hydrogen-bond donors (Lipinski definition) is 1. The molecule has 0 radical (unpaired) electrons. The van der Waals surface area contributed by atoms with Crippen LogP contribution >= 0.6 is 34.7 Å². The first kappa shape index (κ1) is 16.0. The van der Waals surface area contributed by atoms with E-state index in [4.69, 9.17) is 11.6 Å². The molecule has 0 aromatic carbocycles. The van der Waals surface area contributed by atoms with Crippen LogP contribution in [-0.2, 0) is 11.3 Å². The number of thiophene rings is 1. The molecular formula is C14H13ClN2O2S2. The number of thioether (sulfide) groups is 1. The topological polar surface area (TPSA) is 59.1 Å². The monoisotopic (exact) mass is 340 g/mol. The third-order valence-corrected chi connectivity index (χ3v) is 5.06. The SMILES string of the molecule is CC(=O)NCc1ccc(C(=O)CSc2ncccc2Cl)s1. The lowest BCUT2D eigenvalue weighted by atomic mass is 10.3. The molecule has 0 bridgehead atoms. The molecule has 110 valence electrons. The lowest BCUT2D eigenvalue weighted by Crippen LogP contribution is -2.18. The maximum Gasteiger partial charge on any atom is 0.217 e. The second-order valence-corrected chi connectivity index (χ2v) is 6.72. The van der Waals surface area contributed by atoms with E-state index in [0.717, 1.165) is 4.88 Å². The highest BCUT2D eigenvalue weighted by atomic mass is 35.5. The van der Waals surface area contributed by atoms with Gasteiger partial charge in [0, 0.05) is 18.0 Å². The van der Waals surface area contributed by atoms with Gasteiger partial charge < -0.3 is 5.32 Å². The first-order valence-electron chi connectivity index (χ1n) is 6.16. The molecule has 0 unspecified atom stereocenters. The minimum atomic E-state index is -0.0865. The number of halogens is 1. The molecule has 2 aromatic heterocycles. The molecule has 0 atom stereocenters. The summed E-state index contributed by atoms with van der Waals surface area (Å²) in [6.07, 6.45) is 1.65. The molecule has 0 aliphatic heterocycles. The van der Waals surface area contributed by atoms with Crippen LogP contribution in [0.15, 0.2) is 35.5 Å². The highest BCUT2D eigenvalue weighted by Gasteiger charge is 2.11. The van der Waals surface area contributed by atoms with E-state index in [1.807, 2.05) is 6.07 Å². The Bertz CT molecular complexity index is 658. The van der Waals surface area contributed by atoms with Crippen LogP contribution < -0.4 is 5.32 Å². The van der Waals surface area contributed by atoms with Crippen LogP contribution in [0.3, 0.4) is 0 Å². The van der Waals surface area contributed by atoms with Crippen molar-refractivity contribution in [1.82, 2.24) is 10.3 Å². The Morgan fingerprint density at radius 2 is 2.19 bits per heavy atom. The molecule has 1 N–H and O–H groups in total. The second kappa shape index (κ2) is 7.59. The molecule has 0 saturated carbocycles. The summed E-state index contributed by atoms with van der Waals surface area (Å²) in [5, 5.41) is 3.91. The molecule has 0 fully saturated rings. The number of pyridine rings is 1. The number of amides is 1. The van der Waals surface area contributed by atoms with E-state index in [1.54, 1.807) is 24.4 Å². The number of carbonyl (C=O) groups is 2. The summed E-state index contributed by atoms with van der Waals surface area (Å²) >= 11 is 8.71. The third-order valence-electron chi connectivity index (χ3n) is 2.51. The molecular weight excluding hydrogens is 328 g/mol. The van der Waals surface area contributed by atoms with Crippen LogP contribution in [0.5, 0.6) is 0 Å². The largest absolute Gasteiger partial charge is 0.351 e. The molecule has 2 rings (SSSR count). The van der Waals surface area contributed by atoms with Crippen molar-refractivity contribution in [3.8, 4) is 0 Å². The van der Waals surface area contributed by atoms with Gasteiger partial charge in [0.2, 0.25) is 5.91 Å². The van der Waals surface area contributed by atoms with Gasteiger partial charge in [0.25, 0.3) is 0 Å². The predicted octanol–water partition coefficient (Wildman–Crippen LogP) is 3.41. The molecule has 21 heavy (non-hydrogen) atoms. The first-order chi connectivity index (χ1) is 10.1. The quantitative estimate of drug-likeness (QED) is 0.646. The number of carbonyl (C=O) groups excluding carboxylic acids is 2. The van der Waals surface area contributed by atoms with Crippen molar-refractivity contribution < 1.29 is 9.59 Å². The van der Waals surface area contributed by atoms with Crippen molar-refractivity contribution in [2.24, 2.45) is 0 Å². The average molecular weight is 341 g/mol. The van der Waals surface area contributed by atoms with E-state index >= 15 is 0 Å². The number of nitrogens with one attached hydrogen (secondary N) is 1. The molecule has 7 heteroatoms. The normalized spacial score (nSPS) is 10.4. The number of Topliss-reactive ketones (excluding diaryl/α,β-unsaturated/α-hetero) is 1. The Morgan fingerprint density at radius 1 is 1.38 bits per heavy atom. The lowest BCUT2D eigenvalue weighted by molar-refractivity contribution is -0.119. The van der Waals surface area contributed by atoms with Gasteiger partial charge in [0.15, 0.2) is 5.78 Å². The molecule has 4 nitrogen and oxygen atoms in total. The van der Waals surface area contributed by atoms with E-state index in [1.165, 1.54) is 30.0 Å². The molecule has 0 saturated heterocycles. The molecule has 2 heterocycles. The van der Waals surface area contributed by atoms with Crippen LogP contribution in [0.4, 0.5) is 0 Å². The van der Waals surface area contributed by atoms with Gasteiger partial charge in [-0.05, 0) is 24.3 Å². The highest BCUT2D eigenvalue weighted by molar-refractivity contribution is 8.00. The maximum atomic E-state index is 12.1. The summed E-state index contributed by atoms with van der Waals surface area (Å²) in [4.78, 5) is 28.7.